The van der Waals surface area contributed by atoms with E-state index in [1.54, 1.807) is 6.26 Å². The van der Waals surface area contributed by atoms with Gasteiger partial charge in [0, 0.05) is 5.56 Å². The highest BCUT2D eigenvalue weighted by Gasteiger charge is 2.19. The van der Waals surface area contributed by atoms with E-state index in [0.29, 0.717) is 11.9 Å². The summed E-state index contributed by atoms with van der Waals surface area (Å²) in [5.41, 5.74) is 1.64. The minimum absolute atomic E-state index is 0.161. The van der Waals surface area contributed by atoms with Gasteiger partial charge in [0.1, 0.15) is 5.76 Å². The smallest absolute Gasteiger partial charge is 0.210 e. The van der Waals surface area contributed by atoms with Gasteiger partial charge in [-0.25, -0.2) is 13.4 Å². The molecule has 2 heterocycles. The molecule has 110 valence electrons. The summed E-state index contributed by atoms with van der Waals surface area (Å²) in [6.45, 7) is 1.98. The number of hydrogen-bond acceptors (Lipinski definition) is 5. The van der Waals surface area contributed by atoms with E-state index in [1.807, 2.05) is 37.3 Å². The zero-order valence-corrected chi connectivity index (χ0v) is 13.2. The molecule has 3 rings (SSSR count). The van der Waals surface area contributed by atoms with Crippen LogP contribution >= 0.6 is 11.3 Å². The third kappa shape index (κ3) is 2.87. The number of unbranched alkanes of at least 4 members (excludes halogenated alkanes) is 1. The van der Waals surface area contributed by atoms with Crippen molar-refractivity contribution in [2.75, 3.05) is 5.75 Å². The maximum atomic E-state index is 12.2. The van der Waals surface area contributed by atoms with Gasteiger partial charge in [0.05, 0.1) is 22.2 Å². The average Bonchev–Trinajstić information content (AvgIpc) is 3.13. The maximum absolute atomic E-state index is 12.2. The monoisotopic (exact) mass is 321 g/mol. The molecule has 21 heavy (non-hydrogen) atoms. The number of thiazole rings is 1. The second-order valence-electron chi connectivity index (χ2n) is 4.81. The van der Waals surface area contributed by atoms with Gasteiger partial charge in [-0.05, 0) is 36.8 Å². The Labute approximate surface area is 127 Å². The van der Waals surface area contributed by atoms with Crippen LogP contribution in [-0.4, -0.2) is 19.2 Å². The highest BCUT2D eigenvalue weighted by atomic mass is 32.2. The van der Waals surface area contributed by atoms with Crippen LogP contribution in [0.2, 0.25) is 0 Å². The van der Waals surface area contributed by atoms with Crippen molar-refractivity contribution in [2.24, 2.45) is 0 Å². The molecule has 3 aromatic rings. The number of furan rings is 1. The molecule has 1 aromatic carbocycles. The van der Waals surface area contributed by atoms with Crippen molar-refractivity contribution in [3.63, 3.8) is 0 Å². The van der Waals surface area contributed by atoms with E-state index < -0.39 is 9.84 Å². The van der Waals surface area contributed by atoms with Crippen molar-refractivity contribution in [1.29, 1.82) is 0 Å². The van der Waals surface area contributed by atoms with Crippen molar-refractivity contribution in [3.05, 3.63) is 36.6 Å². The van der Waals surface area contributed by atoms with E-state index >= 15 is 0 Å². The normalized spacial score (nSPS) is 12.0. The number of hydrogen-bond donors (Lipinski definition) is 0. The first-order chi connectivity index (χ1) is 10.1. The Kier molecular flexibility index (Phi) is 3.82. The predicted octanol–water partition coefficient (Wildman–Crippen LogP) is 4.13. The van der Waals surface area contributed by atoms with Crippen LogP contribution in [0, 0.1) is 0 Å². The second-order valence-corrected chi connectivity index (χ2v) is 8.13. The summed E-state index contributed by atoms with van der Waals surface area (Å²) < 4.78 is 30.8. The molecule has 0 aliphatic carbocycles. The molecule has 0 saturated heterocycles. The molecule has 6 heteroatoms. The Morgan fingerprint density at radius 2 is 2.14 bits per heavy atom. The first kappa shape index (κ1) is 14.3. The molecule has 0 radical (unpaired) electrons. The number of aromatic nitrogens is 1. The van der Waals surface area contributed by atoms with Gasteiger partial charge in [-0.1, -0.05) is 13.3 Å². The lowest BCUT2D eigenvalue weighted by atomic mass is 10.2. The summed E-state index contributed by atoms with van der Waals surface area (Å²) in [7, 11) is -3.27. The van der Waals surface area contributed by atoms with E-state index in [2.05, 4.69) is 4.98 Å². The Balaban J connectivity index is 2.01. The van der Waals surface area contributed by atoms with Crippen molar-refractivity contribution < 1.29 is 12.8 Å². The largest absolute Gasteiger partial charge is 0.464 e. The van der Waals surface area contributed by atoms with Gasteiger partial charge in [0.15, 0.2) is 0 Å². The van der Waals surface area contributed by atoms with Crippen LogP contribution in [0.15, 0.2) is 45.4 Å². The fraction of sp³-hybridized carbons (Fsp3) is 0.267. The van der Waals surface area contributed by atoms with Crippen LogP contribution in [0.4, 0.5) is 0 Å². The fourth-order valence-electron chi connectivity index (χ4n) is 2.05. The first-order valence-corrected chi connectivity index (χ1v) is 9.24. The van der Waals surface area contributed by atoms with Crippen LogP contribution in [-0.2, 0) is 9.84 Å². The molecule has 2 aromatic heterocycles. The van der Waals surface area contributed by atoms with Gasteiger partial charge in [-0.2, -0.15) is 0 Å². The van der Waals surface area contributed by atoms with E-state index in [9.17, 15) is 8.42 Å². The Morgan fingerprint density at radius 3 is 2.86 bits per heavy atom. The Morgan fingerprint density at radius 1 is 1.29 bits per heavy atom. The van der Waals surface area contributed by atoms with Crippen molar-refractivity contribution >= 4 is 31.4 Å². The lowest BCUT2D eigenvalue weighted by Gasteiger charge is -1.97. The first-order valence-electron chi connectivity index (χ1n) is 6.77. The summed E-state index contributed by atoms with van der Waals surface area (Å²) in [6.07, 6.45) is 3.13. The van der Waals surface area contributed by atoms with Gasteiger partial charge in [-0.15, -0.1) is 11.3 Å². The molecule has 0 fully saturated rings. The quantitative estimate of drug-likeness (QED) is 0.709. The summed E-state index contributed by atoms with van der Waals surface area (Å²) >= 11 is 1.23. The van der Waals surface area contributed by atoms with Crippen molar-refractivity contribution in [3.8, 4) is 11.3 Å². The standard InChI is InChI=1S/C15H15NO3S2/c1-2-3-9-21(17,18)15-16-12-7-6-11(10-14(12)20-15)13-5-4-8-19-13/h4-8,10H,2-3,9H2,1H3. The van der Waals surface area contributed by atoms with Gasteiger partial charge in [0.2, 0.25) is 14.2 Å². The fourth-order valence-corrected chi connectivity index (χ4v) is 4.90. The highest BCUT2D eigenvalue weighted by Crippen LogP contribution is 2.30. The summed E-state index contributed by atoms with van der Waals surface area (Å²) in [5.74, 6) is 0.926. The minimum atomic E-state index is -3.27. The molecule has 0 aliphatic rings. The number of nitrogens with zero attached hydrogens (tertiary/aromatic N) is 1. The molecular weight excluding hydrogens is 306 g/mol. The van der Waals surface area contributed by atoms with Gasteiger partial charge in [-0.3, -0.25) is 0 Å². The SMILES string of the molecule is CCCCS(=O)(=O)c1nc2ccc(-c3ccco3)cc2s1. The van der Waals surface area contributed by atoms with Crippen LogP contribution in [0.1, 0.15) is 19.8 Å². The topological polar surface area (TPSA) is 60.2 Å². The van der Waals surface area contributed by atoms with E-state index in [0.717, 1.165) is 22.4 Å². The molecule has 0 spiro atoms. The van der Waals surface area contributed by atoms with Gasteiger partial charge >= 0.3 is 0 Å². The molecule has 0 amide bonds. The number of rotatable bonds is 5. The third-order valence-corrected chi connectivity index (χ3v) is 6.48. The van der Waals surface area contributed by atoms with Gasteiger partial charge < -0.3 is 4.42 Å². The Bertz CT molecular complexity index is 848. The van der Waals surface area contributed by atoms with E-state index in [-0.39, 0.29) is 10.1 Å². The summed E-state index contributed by atoms with van der Waals surface area (Å²) in [5, 5.41) is 0. The molecule has 0 aliphatic heterocycles. The second kappa shape index (κ2) is 5.61. The lowest BCUT2D eigenvalue weighted by Crippen LogP contribution is -2.05. The molecule has 0 bridgehead atoms. The summed E-state index contributed by atoms with van der Waals surface area (Å²) in [4.78, 5) is 4.26. The third-order valence-electron chi connectivity index (χ3n) is 3.21. The van der Waals surface area contributed by atoms with Crippen LogP contribution in [0.25, 0.3) is 21.5 Å². The molecule has 4 nitrogen and oxygen atoms in total. The van der Waals surface area contributed by atoms with Crippen molar-refractivity contribution in [1.82, 2.24) is 4.98 Å². The summed E-state index contributed by atoms with van der Waals surface area (Å²) in [6, 6.07) is 9.35. The van der Waals surface area contributed by atoms with Crippen LogP contribution < -0.4 is 0 Å². The molecule has 0 saturated carbocycles. The van der Waals surface area contributed by atoms with Crippen LogP contribution in [0.5, 0.6) is 0 Å². The van der Waals surface area contributed by atoms with Crippen LogP contribution in [0.3, 0.4) is 0 Å². The highest BCUT2D eigenvalue weighted by molar-refractivity contribution is 7.93. The van der Waals surface area contributed by atoms with E-state index in [1.165, 1.54) is 11.3 Å². The molecule has 0 N–H and O–H groups in total. The average molecular weight is 321 g/mol. The van der Waals surface area contributed by atoms with E-state index in [4.69, 9.17) is 4.42 Å². The number of fused-ring (bicyclic) bond motifs is 1. The maximum Gasteiger partial charge on any atom is 0.210 e. The zero-order valence-electron chi connectivity index (χ0n) is 11.6. The minimum Gasteiger partial charge on any atom is -0.464 e. The zero-order chi connectivity index (χ0) is 14.9. The lowest BCUT2D eigenvalue weighted by molar-refractivity contribution is 0.582. The molecular formula is C15H15NO3S2. The number of benzene rings is 1. The molecule has 0 atom stereocenters. The predicted molar refractivity (Wildman–Crippen MR) is 84.3 cm³/mol. The van der Waals surface area contributed by atoms with Crippen molar-refractivity contribution in [2.45, 2.75) is 24.1 Å². The Hall–Kier alpha value is -1.66. The molecule has 0 unspecified atom stereocenters. The van der Waals surface area contributed by atoms with Gasteiger partial charge in [0.25, 0.3) is 0 Å². The number of sulfone groups is 1.